The Morgan fingerprint density at radius 3 is 2.76 bits per heavy atom. The molecule has 1 aromatic carbocycles. The van der Waals surface area contributed by atoms with E-state index in [1.54, 1.807) is 26.2 Å². The van der Waals surface area contributed by atoms with Gasteiger partial charge in [-0.2, -0.15) is 9.78 Å². The van der Waals surface area contributed by atoms with Crippen molar-refractivity contribution in [2.45, 2.75) is 70.2 Å². The topological polar surface area (TPSA) is 131 Å². The van der Waals surface area contributed by atoms with Gasteiger partial charge in [0.1, 0.15) is 5.60 Å². The summed E-state index contributed by atoms with van der Waals surface area (Å²) < 4.78 is 8.88. The molecule has 1 atom stereocenters. The average Bonchev–Trinajstić information content (AvgIpc) is 3.56. The highest BCUT2D eigenvalue weighted by Crippen LogP contribution is 2.36. The highest BCUT2D eigenvalue weighted by molar-refractivity contribution is 6.07. The SMILES string of the molecule is CC(C)(CN=[N+]=[N-])OC(=O)n1cc2c(n1)CCC(N(C(=O)c1cccc3c1ccn3Cc1ccccn1)C1CC1)C2. The summed E-state index contributed by atoms with van der Waals surface area (Å²) in [6.07, 6.45) is 8.97. The second-order valence-electron chi connectivity index (χ2n) is 11.4. The van der Waals surface area contributed by atoms with Crippen molar-refractivity contribution in [1.29, 1.82) is 0 Å². The monoisotopic (exact) mass is 552 g/mol. The zero-order valence-electron chi connectivity index (χ0n) is 23.2. The normalized spacial score (nSPS) is 16.6. The van der Waals surface area contributed by atoms with Gasteiger partial charge in [-0.1, -0.05) is 17.2 Å². The van der Waals surface area contributed by atoms with E-state index >= 15 is 0 Å². The smallest absolute Gasteiger partial charge is 0.435 e. The number of hydrogen-bond donors (Lipinski definition) is 0. The summed E-state index contributed by atoms with van der Waals surface area (Å²) in [7, 11) is 0. The van der Waals surface area contributed by atoms with E-state index in [1.807, 2.05) is 48.7 Å². The number of aryl methyl sites for hydroxylation is 1. The number of amides is 1. The van der Waals surface area contributed by atoms with E-state index in [4.69, 9.17) is 10.3 Å². The molecule has 0 aliphatic heterocycles. The molecule has 0 N–H and O–H groups in total. The Bertz CT molecular complexity index is 1650. The fourth-order valence-electron chi connectivity index (χ4n) is 5.67. The summed E-state index contributed by atoms with van der Waals surface area (Å²) in [6, 6.07) is 14.1. The predicted octanol–water partition coefficient (Wildman–Crippen LogP) is 5.52. The Morgan fingerprint density at radius 1 is 1.15 bits per heavy atom. The maximum absolute atomic E-state index is 14.2. The third kappa shape index (κ3) is 5.53. The lowest BCUT2D eigenvalue weighted by Crippen LogP contribution is -2.44. The molecule has 1 saturated carbocycles. The van der Waals surface area contributed by atoms with Crippen LogP contribution in [0, 0.1) is 0 Å². The summed E-state index contributed by atoms with van der Waals surface area (Å²) in [5.74, 6) is 0.0498. The molecule has 11 heteroatoms. The van der Waals surface area contributed by atoms with Crippen LogP contribution >= 0.6 is 0 Å². The van der Waals surface area contributed by atoms with E-state index in [0.29, 0.717) is 24.9 Å². The van der Waals surface area contributed by atoms with Crippen molar-refractivity contribution in [2.24, 2.45) is 5.11 Å². The number of azide groups is 1. The number of carbonyl (C=O) groups excluding carboxylic acids is 2. The zero-order valence-corrected chi connectivity index (χ0v) is 23.2. The molecule has 6 rings (SSSR count). The standard InChI is InChI=1S/C30H32N8O3/c1-30(2,19-33-35-31)41-29(40)37-17-20-16-23(11-12-26(20)34-37)38(22-9-10-22)28(39)25-7-5-8-27-24(25)13-15-36(27)18-21-6-3-4-14-32-21/h3-8,13-15,17,22-23H,9-12,16,18-19H2,1-2H3. The van der Waals surface area contributed by atoms with Crippen LogP contribution in [0.15, 0.2) is 66.2 Å². The largest absolute Gasteiger partial charge is 0.442 e. The van der Waals surface area contributed by atoms with Crippen LogP contribution in [0.5, 0.6) is 0 Å². The van der Waals surface area contributed by atoms with Gasteiger partial charge in [-0.3, -0.25) is 9.78 Å². The number of hydrogen-bond acceptors (Lipinski definition) is 6. The van der Waals surface area contributed by atoms with Crippen LogP contribution in [0.4, 0.5) is 4.79 Å². The lowest BCUT2D eigenvalue weighted by molar-refractivity contribution is 0.0441. The molecule has 1 unspecified atom stereocenters. The molecule has 0 saturated heterocycles. The fourth-order valence-corrected chi connectivity index (χ4v) is 5.67. The number of ether oxygens (including phenoxy) is 1. The van der Waals surface area contributed by atoms with Gasteiger partial charge in [-0.25, -0.2) is 4.79 Å². The summed E-state index contributed by atoms with van der Waals surface area (Å²) >= 11 is 0. The van der Waals surface area contributed by atoms with Crippen LogP contribution in [0.25, 0.3) is 21.3 Å². The predicted molar refractivity (Wildman–Crippen MR) is 152 cm³/mol. The van der Waals surface area contributed by atoms with Gasteiger partial charge in [0.2, 0.25) is 0 Å². The van der Waals surface area contributed by atoms with Crippen LogP contribution in [0.1, 0.15) is 60.4 Å². The van der Waals surface area contributed by atoms with E-state index in [-0.39, 0.29) is 24.5 Å². The Hall–Kier alpha value is -4.63. The van der Waals surface area contributed by atoms with Gasteiger partial charge in [0.25, 0.3) is 5.91 Å². The molecule has 2 aliphatic rings. The van der Waals surface area contributed by atoms with Crippen molar-refractivity contribution in [3.05, 3.63) is 94.0 Å². The van der Waals surface area contributed by atoms with E-state index in [0.717, 1.165) is 47.1 Å². The maximum Gasteiger partial charge on any atom is 0.435 e. The molecule has 0 spiro atoms. The highest BCUT2D eigenvalue weighted by atomic mass is 16.6. The van der Waals surface area contributed by atoms with E-state index in [2.05, 4.69) is 29.6 Å². The van der Waals surface area contributed by atoms with Crippen molar-refractivity contribution in [2.75, 3.05) is 6.54 Å². The zero-order chi connectivity index (χ0) is 28.6. The van der Waals surface area contributed by atoms with Crippen molar-refractivity contribution >= 4 is 22.9 Å². The molecule has 0 radical (unpaired) electrons. The lowest BCUT2D eigenvalue weighted by Gasteiger charge is -2.34. The summed E-state index contributed by atoms with van der Waals surface area (Å²) in [4.78, 5) is 36.2. The number of pyridine rings is 1. The highest BCUT2D eigenvalue weighted by Gasteiger charge is 2.40. The van der Waals surface area contributed by atoms with Crippen LogP contribution < -0.4 is 0 Å². The summed E-state index contributed by atoms with van der Waals surface area (Å²) in [5.41, 5.74) is 12.1. The Labute approximate surface area is 237 Å². The first-order valence-electron chi connectivity index (χ1n) is 13.9. The number of fused-ring (bicyclic) bond motifs is 2. The van der Waals surface area contributed by atoms with Gasteiger partial charge in [0, 0.05) is 52.1 Å². The molecule has 210 valence electrons. The maximum atomic E-state index is 14.2. The third-order valence-corrected chi connectivity index (χ3v) is 7.78. The fraction of sp³-hybridized carbons (Fsp3) is 0.400. The van der Waals surface area contributed by atoms with Gasteiger partial charge in [0.05, 0.1) is 24.5 Å². The number of aromatic nitrogens is 4. The molecule has 2 aliphatic carbocycles. The van der Waals surface area contributed by atoms with Crippen LogP contribution in [0.2, 0.25) is 0 Å². The third-order valence-electron chi connectivity index (χ3n) is 7.78. The molecule has 3 aromatic heterocycles. The van der Waals surface area contributed by atoms with Gasteiger partial charge < -0.3 is 14.2 Å². The van der Waals surface area contributed by atoms with Gasteiger partial charge >= 0.3 is 6.09 Å². The Balaban J connectivity index is 1.22. The molecule has 1 fully saturated rings. The number of nitrogens with zero attached hydrogens (tertiary/aromatic N) is 8. The lowest BCUT2D eigenvalue weighted by atomic mass is 9.91. The molecule has 0 bridgehead atoms. The second-order valence-corrected chi connectivity index (χ2v) is 11.4. The van der Waals surface area contributed by atoms with Crippen molar-refractivity contribution in [1.82, 2.24) is 24.2 Å². The van der Waals surface area contributed by atoms with Crippen LogP contribution in [-0.2, 0) is 24.1 Å². The van der Waals surface area contributed by atoms with Crippen molar-refractivity contribution in [3.63, 3.8) is 0 Å². The molecule has 3 heterocycles. The Morgan fingerprint density at radius 2 is 2.00 bits per heavy atom. The van der Waals surface area contributed by atoms with Gasteiger partial charge in [-0.15, -0.1) is 0 Å². The first kappa shape index (κ1) is 26.6. The average molecular weight is 553 g/mol. The summed E-state index contributed by atoms with van der Waals surface area (Å²) in [6.45, 7) is 4.03. The minimum atomic E-state index is -0.953. The van der Waals surface area contributed by atoms with E-state index in [1.165, 1.54) is 4.68 Å². The minimum absolute atomic E-state index is 0.0171. The Kier molecular flexibility index (Phi) is 6.96. The van der Waals surface area contributed by atoms with E-state index in [9.17, 15) is 9.59 Å². The number of benzene rings is 1. The minimum Gasteiger partial charge on any atom is -0.442 e. The van der Waals surface area contributed by atoms with Gasteiger partial charge in [-0.05, 0) is 87.4 Å². The van der Waals surface area contributed by atoms with E-state index < -0.39 is 11.7 Å². The number of rotatable bonds is 8. The van der Waals surface area contributed by atoms with Crippen LogP contribution in [-0.4, -0.2) is 60.5 Å². The van der Waals surface area contributed by atoms with Crippen molar-refractivity contribution in [3.8, 4) is 0 Å². The molecular formula is C30H32N8O3. The molecule has 4 aromatic rings. The van der Waals surface area contributed by atoms with Crippen molar-refractivity contribution < 1.29 is 14.3 Å². The van der Waals surface area contributed by atoms with Crippen LogP contribution in [0.3, 0.4) is 0 Å². The first-order valence-corrected chi connectivity index (χ1v) is 13.9. The molecular weight excluding hydrogens is 520 g/mol. The summed E-state index contributed by atoms with van der Waals surface area (Å²) in [5, 5.41) is 8.94. The molecule has 41 heavy (non-hydrogen) atoms. The quantitative estimate of drug-likeness (QED) is 0.161. The molecule has 1 amide bonds. The number of carbonyl (C=O) groups is 2. The first-order chi connectivity index (χ1) is 19.8. The second kappa shape index (κ2) is 10.7. The van der Waals surface area contributed by atoms with Gasteiger partial charge in [0.15, 0.2) is 0 Å². The molecule has 11 nitrogen and oxygen atoms in total.